The van der Waals surface area contributed by atoms with E-state index in [-0.39, 0.29) is 17.9 Å². The fraction of sp³-hybridized carbons (Fsp3) is 0.350. The summed E-state index contributed by atoms with van der Waals surface area (Å²) in [6.45, 7) is 5.35. The summed E-state index contributed by atoms with van der Waals surface area (Å²) in [6, 6.07) is 9.14. The van der Waals surface area contributed by atoms with Crippen molar-refractivity contribution in [1.82, 2.24) is 4.72 Å². The number of sulfonamides is 1. The van der Waals surface area contributed by atoms with Gasteiger partial charge in [-0.2, -0.15) is 0 Å². The minimum Gasteiger partial charge on any atom is -0.496 e. The fourth-order valence-corrected chi connectivity index (χ4v) is 4.68. The van der Waals surface area contributed by atoms with Gasteiger partial charge in [-0.1, -0.05) is 29.8 Å². The number of halogens is 1. The molecule has 0 aliphatic carbocycles. The number of carbonyl (C=O) groups excluding carboxylic acids is 1. The normalized spacial score (nSPS) is 12.5. The molecule has 1 atom stereocenters. The predicted molar refractivity (Wildman–Crippen MR) is 108 cm³/mol. The van der Waals surface area contributed by atoms with Crippen molar-refractivity contribution in [3.8, 4) is 5.75 Å². The largest absolute Gasteiger partial charge is 0.496 e. The Balaban J connectivity index is 2.44. The molecule has 0 heterocycles. The van der Waals surface area contributed by atoms with E-state index in [1.54, 1.807) is 57.2 Å². The lowest BCUT2D eigenvalue weighted by molar-refractivity contribution is -0.143. The number of methoxy groups -OCH3 is 1. The lowest BCUT2D eigenvalue weighted by atomic mass is 10.1. The van der Waals surface area contributed by atoms with Crippen molar-refractivity contribution < 1.29 is 22.7 Å². The van der Waals surface area contributed by atoms with Gasteiger partial charge in [0.05, 0.1) is 31.1 Å². The molecule has 2 aromatic rings. The third kappa shape index (κ3) is 5.25. The van der Waals surface area contributed by atoms with E-state index in [9.17, 15) is 13.2 Å². The average molecular weight is 426 g/mol. The van der Waals surface area contributed by atoms with Gasteiger partial charge in [-0.3, -0.25) is 4.79 Å². The summed E-state index contributed by atoms with van der Waals surface area (Å²) in [5, 5.41) is 0.363. The Labute approximate surface area is 170 Å². The Bertz CT molecular complexity index is 959. The molecule has 2 rings (SSSR count). The van der Waals surface area contributed by atoms with Crippen molar-refractivity contribution in [3.05, 3.63) is 58.1 Å². The summed E-state index contributed by atoms with van der Waals surface area (Å²) in [5.41, 5.74) is 1.72. The van der Waals surface area contributed by atoms with Crippen LogP contribution in [-0.2, 0) is 19.6 Å². The molecule has 0 amide bonds. The first-order valence-electron chi connectivity index (χ1n) is 8.77. The molecule has 0 saturated carbocycles. The zero-order valence-electron chi connectivity index (χ0n) is 16.3. The Hall–Kier alpha value is -2.09. The van der Waals surface area contributed by atoms with Crippen LogP contribution >= 0.6 is 11.6 Å². The van der Waals surface area contributed by atoms with Crippen molar-refractivity contribution in [2.24, 2.45) is 0 Å². The Morgan fingerprint density at radius 2 is 1.86 bits per heavy atom. The second kappa shape index (κ2) is 9.41. The van der Waals surface area contributed by atoms with E-state index in [1.807, 2.05) is 0 Å². The molecule has 0 aromatic heterocycles. The number of hydrogen-bond donors (Lipinski definition) is 1. The standard InChI is InChI=1S/C20H24ClNO5S/c1-5-27-20(23)12-17(15-8-6-7-9-16(15)21)22-28(24,25)19-11-13(2)18(26-4)10-14(19)3/h6-11,17,22H,5,12H2,1-4H3. The maximum atomic E-state index is 13.1. The Morgan fingerprint density at radius 1 is 1.18 bits per heavy atom. The van der Waals surface area contributed by atoms with Crippen molar-refractivity contribution in [3.63, 3.8) is 0 Å². The zero-order valence-corrected chi connectivity index (χ0v) is 17.9. The van der Waals surface area contributed by atoms with Gasteiger partial charge in [0.25, 0.3) is 0 Å². The van der Waals surface area contributed by atoms with Gasteiger partial charge in [-0.15, -0.1) is 0 Å². The molecule has 0 aliphatic heterocycles. The van der Waals surface area contributed by atoms with Crippen LogP contribution in [0.1, 0.15) is 36.1 Å². The highest BCUT2D eigenvalue weighted by Gasteiger charge is 2.27. The van der Waals surface area contributed by atoms with Crippen LogP contribution in [0, 0.1) is 13.8 Å². The molecule has 0 radical (unpaired) electrons. The molecule has 28 heavy (non-hydrogen) atoms. The molecule has 0 bridgehead atoms. The minimum absolute atomic E-state index is 0.117. The first-order chi connectivity index (χ1) is 13.2. The monoisotopic (exact) mass is 425 g/mol. The number of carbonyl (C=O) groups is 1. The smallest absolute Gasteiger partial charge is 0.307 e. The van der Waals surface area contributed by atoms with Crippen LogP contribution < -0.4 is 9.46 Å². The molecule has 0 fully saturated rings. The molecule has 8 heteroatoms. The molecule has 6 nitrogen and oxygen atoms in total. The number of hydrogen-bond acceptors (Lipinski definition) is 5. The van der Waals surface area contributed by atoms with E-state index in [0.717, 1.165) is 0 Å². The summed E-state index contributed by atoms with van der Waals surface area (Å²) in [7, 11) is -2.41. The van der Waals surface area contributed by atoms with E-state index in [4.69, 9.17) is 21.1 Å². The molecular formula is C20H24ClNO5S. The van der Waals surface area contributed by atoms with E-state index in [0.29, 0.717) is 27.5 Å². The molecule has 1 N–H and O–H groups in total. The van der Waals surface area contributed by atoms with Gasteiger partial charge in [-0.25, -0.2) is 13.1 Å². The SMILES string of the molecule is CCOC(=O)CC(NS(=O)(=O)c1cc(C)c(OC)cc1C)c1ccccc1Cl. The van der Waals surface area contributed by atoms with Crippen LogP contribution in [0.4, 0.5) is 0 Å². The van der Waals surface area contributed by atoms with E-state index in [2.05, 4.69) is 4.72 Å². The number of ether oxygens (including phenoxy) is 2. The van der Waals surface area contributed by atoms with E-state index < -0.39 is 22.0 Å². The summed E-state index contributed by atoms with van der Waals surface area (Å²) in [5.74, 6) is 0.0865. The van der Waals surface area contributed by atoms with Crippen molar-refractivity contribution in [2.75, 3.05) is 13.7 Å². The molecule has 0 spiro atoms. The predicted octanol–water partition coefficient (Wildman–Crippen LogP) is 3.94. The molecule has 152 valence electrons. The molecule has 2 aromatic carbocycles. The lowest BCUT2D eigenvalue weighted by Gasteiger charge is -2.21. The first-order valence-corrected chi connectivity index (χ1v) is 10.6. The number of benzene rings is 2. The highest BCUT2D eigenvalue weighted by atomic mass is 35.5. The van der Waals surface area contributed by atoms with Crippen molar-refractivity contribution in [1.29, 1.82) is 0 Å². The van der Waals surface area contributed by atoms with Crippen LogP contribution in [0.15, 0.2) is 41.3 Å². The van der Waals surface area contributed by atoms with Crippen LogP contribution in [0.3, 0.4) is 0 Å². The fourth-order valence-electron chi connectivity index (χ4n) is 2.88. The van der Waals surface area contributed by atoms with Gasteiger partial charge < -0.3 is 9.47 Å². The van der Waals surface area contributed by atoms with Crippen LogP contribution in [-0.4, -0.2) is 28.1 Å². The molecule has 0 saturated heterocycles. The van der Waals surface area contributed by atoms with Gasteiger partial charge in [-0.05, 0) is 55.7 Å². The van der Waals surface area contributed by atoms with Gasteiger partial charge in [0.2, 0.25) is 10.0 Å². The number of rotatable bonds is 8. The lowest BCUT2D eigenvalue weighted by Crippen LogP contribution is -2.31. The summed E-state index contributed by atoms with van der Waals surface area (Å²) < 4.78 is 39.0. The molecule has 0 aliphatic rings. The highest BCUT2D eigenvalue weighted by molar-refractivity contribution is 7.89. The summed E-state index contributed by atoms with van der Waals surface area (Å²) in [6.07, 6.45) is -0.176. The van der Waals surface area contributed by atoms with Crippen LogP contribution in [0.25, 0.3) is 0 Å². The molecule has 1 unspecified atom stereocenters. The van der Waals surface area contributed by atoms with Gasteiger partial charge in [0, 0.05) is 5.02 Å². The molecular weight excluding hydrogens is 402 g/mol. The number of esters is 1. The van der Waals surface area contributed by atoms with Gasteiger partial charge >= 0.3 is 5.97 Å². The highest BCUT2D eigenvalue weighted by Crippen LogP contribution is 2.30. The first kappa shape index (κ1) is 22.2. The zero-order chi connectivity index (χ0) is 20.9. The Morgan fingerprint density at radius 3 is 2.46 bits per heavy atom. The van der Waals surface area contributed by atoms with Crippen LogP contribution in [0.2, 0.25) is 5.02 Å². The maximum absolute atomic E-state index is 13.1. The quantitative estimate of drug-likeness (QED) is 0.648. The van der Waals surface area contributed by atoms with E-state index in [1.165, 1.54) is 7.11 Å². The van der Waals surface area contributed by atoms with Crippen molar-refractivity contribution >= 4 is 27.6 Å². The van der Waals surface area contributed by atoms with Crippen molar-refractivity contribution in [2.45, 2.75) is 38.1 Å². The van der Waals surface area contributed by atoms with Gasteiger partial charge in [0.1, 0.15) is 5.75 Å². The average Bonchev–Trinajstić information content (AvgIpc) is 2.63. The number of aryl methyl sites for hydroxylation is 2. The maximum Gasteiger partial charge on any atom is 0.307 e. The topological polar surface area (TPSA) is 81.7 Å². The minimum atomic E-state index is -3.94. The third-order valence-electron chi connectivity index (χ3n) is 4.24. The second-order valence-electron chi connectivity index (χ2n) is 6.29. The van der Waals surface area contributed by atoms with Crippen LogP contribution in [0.5, 0.6) is 5.75 Å². The Kier molecular flexibility index (Phi) is 7.46. The summed E-state index contributed by atoms with van der Waals surface area (Å²) >= 11 is 6.25. The second-order valence-corrected chi connectivity index (χ2v) is 8.38. The third-order valence-corrected chi connectivity index (χ3v) is 6.19. The van der Waals surface area contributed by atoms with E-state index >= 15 is 0 Å². The number of nitrogens with one attached hydrogen (secondary N) is 1. The van der Waals surface area contributed by atoms with Gasteiger partial charge in [0.15, 0.2) is 0 Å². The summed E-state index contributed by atoms with van der Waals surface area (Å²) in [4.78, 5) is 12.2.